The van der Waals surface area contributed by atoms with Crippen molar-refractivity contribution in [2.24, 2.45) is 17.8 Å². The first-order valence-electron chi connectivity index (χ1n) is 8.09. The van der Waals surface area contributed by atoms with Crippen LogP contribution in [-0.4, -0.2) is 36.6 Å². The third-order valence-corrected chi connectivity index (χ3v) is 5.57. The summed E-state index contributed by atoms with van der Waals surface area (Å²) in [5.74, 6) is 2.72. The van der Waals surface area contributed by atoms with Crippen molar-refractivity contribution in [3.8, 4) is 0 Å². The molecule has 0 radical (unpaired) electrons. The number of hydrogen-bond acceptors (Lipinski definition) is 2. The van der Waals surface area contributed by atoms with Gasteiger partial charge < -0.3 is 5.32 Å². The maximum absolute atomic E-state index is 3.74. The molecular formula is C16H32N2. The zero-order valence-electron chi connectivity index (χ0n) is 12.8. The van der Waals surface area contributed by atoms with Crippen molar-refractivity contribution in [2.45, 2.75) is 65.5 Å². The van der Waals surface area contributed by atoms with Gasteiger partial charge in [0.15, 0.2) is 0 Å². The van der Waals surface area contributed by atoms with Gasteiger partial charge in [-0.2, -0.15) is 0 Å². The Morgan fingerprint density at radius 1 is 1.28 bits per heavy atom. The van der Waals surface area contributed by atoms with Crippen LogP contribution in [0.25, 0.3) is 0 Å². The van der Waals surface area contributed by atoms with Crippen LogP contribution in [0.2, 0.25) is 0 Å². The van der Waals surface area contributed by atoms with Gasteiger partial charge in [-0.1, -0.05) is 40.0 Å². The Morgan fingerprint density at radius 3 is 2.67 bits per heavy atom. The van der Waals surface area contributed by atoms with Crippen LogP contribution < -0.4 is 5.32 Å². The van der Waals surface area contributed by atoms with E-state index in [2.05, 4.69) is 37.9 Å². The number of nitrogens with one attached hydrogen (secondary N) is 1. The molecule has 2 nitrogen and oxygen atoms in total. The van der Waals surface area contributed by atoms with E-state index >= 15 is 0 Å². The summed E-state index contributed by atoms with van der Waals surface area (Å²) in [4.78, 5) is 2.76. The molecule has 2 rings (SSSR count). The monoisotopic (exact) mass is 252 g/mol. The fourth-order valence-corrected chi connectivity index (χ4v) is 3.66. The molecule has 0 amide bonds. The van der Waals surface area contributed by atoms with Crippen LogP contribution in [0.5, 0.6) is 0 Å². The maximum Gasteiger partial charge on any atom is 0.0221 e. The number of rotatable bonds is 4. The van der Waals surface area contributed by atoms with Crippen LogP contribution in [0.15, 0.2) is 0 Å². The molecule has 2 heteroatoms. The van der Waals surface area contributed by atoms with Gasteiger partial charge in [0, 0.05) is 31.7 Å². The molecule has 2 aliphatic rings. The highest BCUT2D eigenvalue weighted by Gasteiger charge is 2.31. The molecule has 1 saturated carbocycles. The van der Waals surface area contributed by atoms with Crippen molar-refractivity contribution in [1.82, 2.24) is 10.2 Å². The predicted molar refractivity (Wildman–Crippen MR) is 78.8 cm³/mol. The molecular weight excluding hydrogens is 220 g/mol. The quantitative estimate of drug-likeness (QED) is 0.827. The van der Waals surface area contributed by atoms with E-state index in [0.29, 0.717) is 6.04 Å². The normalized spacial score (nSPS) is 40.0. The first-order chi connectivity index (χ1) is 8.61. The molecule has 1 N–H and O–H groups in total. The second-order valence-corrected chi connectivity index (χ2v) is 6.87. The van der Waals surface area contributed by atoms with Gasteiger partial charge in [-0.15, -0.1) is 0 Å². The standard InChI is InChI=1S/C16H32N2/c1-5-12(2)16-11-18(14(4)9-17-16)10-15-8-6-7-13(15)3/h12-17H,5-11H2,1-4H3. The fraction of sp³-hybridized carbons (Fsp3) is 1.00. The molecule has 2 fully saturated rings. The molecule has 1 heterocycles. The third-order valence-electron chi connectivity index (χ3n) is 5.57. The largest absolute Gasteiger partial charge is 0.311 e. The second-order valence-electron chi connectivity index (χ2n) is 6.87. The van der Waals surface area contributed by atoms with E-state index in [9.17, 15) is 0 Å². The van der Waals surface area contributed by atoms with Crippen molar-refractivity contribution in [1.29, 1.82) is 0 Å². The summed E-state index contributed by atoms with van der Waals surface area (Å²) in [6.07, 6.45) is 5.67. The smallest absolute Gasteiger partial charge is 0.0221 e. The van der Waals surface area contributed by atoms with E-state index in [0.717, 1.165) is 23.8 Å². The van der Waals surface area contributed by atoms with Crippen LogP contribution in [0.1, 0.15) is 53.4 Å². The van der Waals surface area contributed by atoms with Crippen LogP contribution in [-0.2, 0) is 0 Å². The zero-order valence-corrected chi connectivity index (χ0v) is 12.8. The highest BCUT2D eigenvalue weighted by molar-refractivity contribution is 4.88. The Bertz CT molecular complexity index is 253. The molecule has 18 heavy (non-hydrogen) atoms. The lowest BCUT2D eigenvalue weighted by Crippen LogP contribution is -2.58. The summed E-state index contributed by atoms with van der Waals surface area (Å²) in [7, 11) is 0. The van der Waals surface area contributed by atoms with Gasteiger partial charge in [-0.05, 0) is 31.1 Å². The molecule has 1 aliphatic heterocycles. The lowest BCUT2D eigenvalue weighted by atomic mass is 9.93. The zero-order chi connectivity index (χ0) is 13.1. The molecule has 5 atom stereocenters. The first-order valence-corrected chi connectivity index (χ1v) is 8.09. The Hall–Kier alpha value is -0.0800. The highest BCUT2D eigenvalue weighted by Crippen LogP contribution is 2.32. The van der Waals surface area contributed by atoms with Gasteiger partial charge in [0.1, 0.15) is 0 Å². The lowest BCUT2D eigenvalue weighted by Gasteiger charge is -2.42. The number of nitrogens with zero attached hydrogens (tertiary/aromatic N) is 1. The van der Waals surface area contributed by atoms with Crippen LogP contribution >= 0.6 is 0 Å². The van der Waals surface area contributed by atoms with Gasteiger partial charge in [-0.25, -0.2) is 0 Å². The molecule has 1 saturated heterocycles. The third kappa shape index (κ3) is 3.27. The van der Waals surface area contributed by atoms with Crippen LogP contribution in [0.3, 0.4) is 0 Å². The van der Waals surface area contributed by atoms with Gasteiger partial charge in [0.2, 0.25) is 0 Å². The van der Waals surface area contributed by atoms with E-state index in [-0.39, 0.29) is 0 Å². The van der Waals surface area contributed by atoms with Gasteiger partial charge in [0.25, 0.3) is 0 Å². The van der Waals surface area contributed by atoms with Crippen molar-refractivity contribution in [3.63, 3.8) is 0 Å². The summed E-state index contributed by atoms with van der Waals surface area (Å²) < 4.78 is 0. The molecule has 5 unspecified atom stereocenters. The molecule has 0 aromatic heterocycles. The van der Waals surface area contributed by atoms with E-state index in [4.69, 9.17) is 0 Å². The maximum atomic E-state index is 3.74. The lowest BCUT2D eigenvalue weighted by molar-refractivity contribution is 0.0943. The Labute approximate surface area is 114 Å². The van der Waals surface area contributed by atoms with E-state index in [1.807, 2.05) is 0 Å². The number of hydrogen-bond donors (Lipinski definition) is 1. The minimum atomic E-state index is 0.711. The van der Waals surface area contributed by atoms with Gasteiger partial charge in [-0.3, -0.25) is 4.90 Å². The Kier molecular flexibility index (Phi) is 5.08. The summed E-state index contributed by atoms with van der Waals surface area (Å²) in [6.45, 7) is 13.3. The van der Waals surface area contributed by atoms with Crippen LogP contribution in [0.4, 0.5) is 0 Å². The van der Waals surface area contributed by atoms with Crippen LogP contribution in [0, 0.1) is 17.8 Å². The first kappa shape index (κ1) is 14.3. The molecule has 0 aromatic rings. The highest BCUT2D eigenvalue weighted by atomic mass is 15.2. The average molecular weight is 252 g/mol. The molecule has 0 spiro atoms. The SMILES string of the molecule is CCC(C)C1CN(CC2CCCC2C)C(C)CN1. The van der Waals surface area contributed by atoms with Gasteiger partial charge in [0.05, 0.1) is 0 Å². The van der Waals surface area contributed by atoms with E-state index < -0.39 is 0 Å². The van der Waals surface area contributed by atoms with Gasteiger partial charge >= 0.3 is 0 Å². The predicted octanol–water partition coefficient (Wildman–Crippen LogP) is 3.13. The van der Waals surface area contributed by atoms with E-state index in [1.54, 1.807) is 0 Å². The summed E-state index contributed by atoms with van der Waals surface area (Å²) >= 11 is 0. The summed E-state index contributed by atoms with van der Waals surface area (Å²) in [5.41, 5.74) is 0. The second kappa shape index (κ2) is 6.38. The van der Waals surface area contributed by atoms with Crippen molar-refractivity contribution in [2.75, 3.05) is 19.6 Å². The number of piperazine rings is 1. The summed E-state index contributed by atoms with van der Waals surface area (Å²) in [6, 6.07) is 1.43. The van der Waals surface area contributed by atoms with Crippen molar-refractivity contribution in [3.05, 3.63) is 0 Å². The summed E-state index contributed by atoms with van der Waals surface area (Å²) in [5, 5.41) is 3.74. The molecule has 0 aromatic carbocycles. The Morgan fingerprint density at radius 2 is 2.06 bits per heavy atom. The van der Waals surface area contributed by atoms with Crippen molar-refractivity contribution < 1.29 is 0 Å². The minimum absolute atomic E-state index is 0.711. The topological polar surface area (TPSA) is 15.3 Å². The Balaban J connectivity index is 1.89. The van der Waals surface area contributed by atoms with E-state index in [1.165, 1.54) is 45.3 Å². The molecule has 1 aliphatic carbocycles. The average Bonchev–Trinajstić information content (AvgIpc) is 2.77. The molecule has 106 valence electrons. The van der Waals surface area contributed by atoms with Crippen molar-refractivity contribution >= 4 is 0 Å². The molecule has 0 bridgehead atoms. The fourth-order valence-electron chi connectivity index (χ4n) is 3.66. The minimum Gasteiger partial charge on any atom is -0.311 e.